The summed E-state index contributed by atoms with van der Waals surface area (Å²) in [5.41, 5.74) is 0.372. The fourth-order valence-electron chi connectivity index (χ4n) is 1.77. The predicted octanol–water partition coefficient (Wildman–Crippen LogP) is 1.76. The highest BCUT2D eigenvalue weighted by molar-refractivity contribution is 6.60. The van der Waals surface area contributed by atoms with Crippen molar-refractivity contribution in [1.82, 2.24) is 0 Å². The molecule has 0 aliphatic carbocycles. The maximum atomic E-state index is 11.4. The van der Waals surface area contributed by atoms with E-state index in [4.69, 9.17) is 23.1 Å². The molecule has 0 fully saturated rings. The number of hydrogen-bond donors (Lipinski definition) is 1. The molecule has 0 aromatic rings. The van der Waals surface area contributed by atoms with Crippen LogP contribution in [0.25, 0.3) is 0 Å². The Bertz CT molecular complexity index is 315. The number of aliphatic hydroxyl groups excluding tert-OH is 1. The fourth-order valence-corrected chi connectivity index (χ4v) is 4.63. The van der Waals surface area contributed by atoms with Crippen molar-refractivity contribution in [2.24, 2.45) is 5.92 Å². The zero-order valence-corrected chi connectivity index (χ0v) is 14.5. The first-order chi connectivity index (χ1) is 9.90. The Morgan fingerprint density at radius 3 is 2.24 bits per heavy atom. The minimum atomic E-state index is -2.85. The molecule has 0 bridgehead atoms. The summed E-state index contributed by atoms with van der Waals surface area (Å²) in [6, 6.07) is 0.526. The van der Waals surface area contributed by atoms with Crippen molar-refractivity contribution in [1.29, 1.82) is 0 Å². The second kappa shape index (κ2) is 10.9. The molecule has 1 atom stereocenters. The molecule has 1 N–H and O–H groups in total. The molecule has 124 valence electrons. The van der Waals surface area contributed by atoms with E-state index >= 15 is 0 Å². The lowest BCUT2D eigenvalue weighted by molar-refractivity contribution is -0.140. The normalized spacial score (nSPS) is 13.0. The van der Waals surface area contributed by atoms with Gasteiger partial charge in [0, 0.05) is 24.8 Å². The SMILES string of the molecule is C=C(C)C(=O)OCC(C)C[Si](OCC)(OCC)OCCO. The number of rotatable bonds is 12. The summed E-state index contributed by atoms with van der Waals surface area (Å²) in [5.74, 6) is -0.380. The first-order valence-corrected chi connectivity index (χ1v) is 9.19. The van der Waals surface area contributed by atoms with Gasteiger partial charge in [0.2, 0.25) is 0 Å². The third kappa shape index (κ3) is 8.33. The van der Waals surface area contributed by atoms with Crippen LogP contribution >= 0.6 is 0 Å². The monoisotopic (exact) mass is 320 g/mol. The van der Waals surface area contributed by atoms with Crippen LogP contribution in [0.15, 0.2) is 12.2 Å². The molecule has 21 heavy (non-hydrogen) atoms. The van der Waals surface area contributed by atoms with Crippen molar-refractivity contribution in [2.45, 2.75) is 33.7 Å². The highest BCUT2D eigenvalue weighted by Crippen LogP contribution is 2.22. The van der Waals surface area contributed by atoms with Crippen LogP contribution in [0.1, 0.15) is 27.7 Å². The molecule has 1 unspecified atom stereocenters. The van der Waals surface area contributed by atoms with Gasteiger partial charge in [0.1, 0.15) is 0 Å². The van der Waals surface area contributed by atoms with Gasteiger partial charge in [0.25, 0.3) is 0 Å². The Balaban J connectivity index is 4.60. The minimum Gasteiger partial charge on any atom is -0.462 e. The third-order valence-corrected chi connectivity index (χ3v) is 5.89. The van der Waals surface area contributed by atoms with Gasteiger partial charge < -0.3 is 23.1 Å². The van der Waals surface area contributed by atoms with Crippen molar-refractivity contribution in [3.8, 4) is 0 Å². The number of carbonyl (C=O) groups excluding carboxylic acids is 1. The second-order valence-corrected chi connectivity index (χ2v) is 7.45. The molecule has 7 heteroatoms. The molecule has 0 saturated heterocycles. The van der Waals surface area contributed by atoms with Gasteiger partial charge in [-0.3, -0.25) is 0 Å². The Morgan fingerprint density at radius 2 is 1.81 bits per heavy atom. The second-order valence-electron chi connectivity index (χ2n) is 4.81. The van der Waals surface area contributed by atoms with Crippen molar-refractivity contribution in [3.05, 3.63) is 12.2 Å². The summed E-state index contributed by atoms with van der Waals surface area (Å²) in [4.78, 5) is 11.4. The van der Waals surface area contributed by atoms with E-state index < -0.39 is 14.8 Å². The fraction of sp³-hybridized carbons (Fsp3) is 0.786. The minimum absolute atomic E-state index is 0.0248. The molecular weight excluding hydrogens is 292 g/mol. The predicted molar refractivity (Wildman–Crippen MR) is 81.8 cm³/mol. The molecule has 0 aromatic heterocycles. The Morgan fingerprint density at radius 1 is 1.24 bits per heavy atom. The van der Waals surface area contributed by atoms with Gasteiger partial charge >= 0.3 is 14.8 Å². The first-order valence-electron chi connectivity index (χ1n) is 7.26. The van der Waals surface area contributed by atoms with E-state index in [-0.39, 0.29) is 25.7 Å². The molecule has 0 spiro atoms. The highest BCUT2D eigenvalue weighted by atomic mass is 28.4. The van der Waals surface area contributed by atoms with Crippen LogP contribution in [0.3, 0.4) is 0 Å². The lowest BCUT2D eigenvalue weighted by Gasteiger charge is -2.30. The maximum Gasteiger partial charge on any atom is 0.501 e. The molecule has 6 nitrogen and oxygen atoms in total. The Kier molecular flexibility index (Phi) is 10.5. The largest absolute Gasteiger partial charge is 0.501 e. The highest BCUT2D eigenvalue weighted by Gasteiger charge is 2.42. The molecule has 0 saturated carbocycles. The number of carbonyl (C=O) groups is 1. The summed E-state index contributed by atoms with van der Waals surface area (Å²) < 4.78 is 22.3. The van der Waals surface area contributed by atoms with E-state index in [1.165, 1.54) is 0 Å². The third-order valence-electron chi connectivity index (χ3n) is 2.59. The van der Waals surface area contributed by atoms with Crippen molar-refractivity contribution in [2.75, 3.05) is 33.0 Å². The smallest absolute Gasteiger partial charge is 0.462 e. The van der Waals surface area contributed by atoms with Gasteiger partial charge in [-0.25, -0.2) is 4.79 Å². The van der Waals surface area contributed by atoms with Crippen LogP contribution in [0.4, 0.5) is 0 Å². The summed E-state index contributed by atoms with van der Waals surface area (Å²) in [6.07, 6.45) is 0. The lowest BCUT2D eigenvalue weighted by atomic mass is 10.2. The Hall–Kier alpha value is -0.733. The quantitative estimate of drug-likeness (QED) is 0.335. The van der Waals surface area contributed by atoms with Crippen LogP contribution in [0.2, 0.25) is 6.04 Å². The van der Waals surface area contributed by atoms with Crippen molar-refractivity contribution < 1.29 is 27.9 Å². The molecule has 0 aliphatic rings. The summed E-state index contributed by atoms with van der Waals surface area (Å²) in [6.45, 7) is 12.1. The van der Waals surface area contributed by atoms with E-state index in [9.17, 15) is 4.79 Å². The van der Waals surface area contributed by atoms with Crippen LogP contribution in [0, 0.1) is 5.92 Å². The van der Waals surface area contributed by atoms with Gasteiger partial charge in [-0.2, -0.15) is 0 Å². The number of hydrogen-bond acceptors (Lipinski definition) is 6. The van der Waals surface area contributed by atoms with E-state index in [0.717, 1.165) is 0 Å². The van der Waals surface area contributed by atoms with Crippen LogP contribution in [0.5, 0.6) is 0 Å². The van der Waals surface area contributed by atoms with Gasteiger partial charge in [-0.15, -0.1) is 0 Å². The topological polar surface area (TPSA) is 74.2 Å². The number of ether oxygens (including phenoxy) is 1. The van der Waals surface area contributed by atoms with E-state index in [1.54, 1.807) is 6.92 Å². The summed E-state index contributed by atoms with van der Waals surface area (Å²) in [5, 5.41) is 8.94. The molecule has 0 amide bonds. The molecular formula is C14H28O6Si. The molecule has 0 heterocycles. The van der Waals surface area contributed by atoms with Gasteiger partial charge in [0.15, 0.2) is 0 Å². The number of esters is 1. The van der Waals surface area contributed by atoms with Crippen LogP contribution < -0.4 is 0 Å². The lowest BCUT2D eigenvalue weighted by Crippen LogP contribution is -2.48. The average molecular weight is 320 g/mol. The standard InChI is InChI=1S/C14H28O6Si/c1-6-18-21(19-7-2,20-9-8-15)11-13(5)10-17-14(16)12(3)4/h13,15H,3,6-11H2,1-2,4-5H3. The molecule has 0 aromatic carbocycles. The zero-order chi connectivity index (χ0) is 16.3. The summed E-state index contributed by atoms with van der Waals surface area (Å²) in [7, 11) is -2.85. The van der Waals surface area contributed by atoms with Gasteiger partial charge in [-0.05, 0) is 26.7 Å². The van der Waals surface area contributed by atoms with Crippen LogP contribution in [-0.4, -0.2) is 52.9 Å². The molecule has 0 aliphatic heterocycles. The van der Waals surface area contributed by atoms with E-state index in [1.807, 2.05) is 20.8 Å². The van der Waals surface area contributed by atoms with Crippen LogP contribution in [-0.2, 0) is 22.8 Å². The van der Waals surface area contributed by atoms with E-state index in [2.05, 4.69) is 6.58 Å². The zero-order valence-electron chi connectivity index (χ0n) is 13.5. The molecule has 0 rings (SSSR count). The molecule has 0 radical (unpaired) electrons. The van der Waals surface area contributed by atoms with Gasteiger partial charge in [-0.1, -0.05) is 13.5 Å². The Labute approximate surface area is 128 Å². The average Bonchev–Trinajstić information content (AvgIpc) is 2.43. The first kappa shape index (κ1) is 20.3. The maximum absolute atomic E-state index is 11.4. The van der Waals surface area contributed by atoms with Crippen molar-refractivity contribution >= 4 is 14.8 Å². The van der Waals surface area contributed by atoms with E-state index in [0.29, 0.717) is 24.8 Å². The van der Waals surface area contributed by atoms with Crippen molar-refractivity contribution in [3.63, 3.8) is 0 Å². The number of aliphatic hydroxyl groups is 1. The van der Waals surface area contributed by atoms with Gasteiger partial charge in [0.05, 0.1) is 19.8 Å². The summed E-state index contributed by atoms with van der Waals surface area (Å²) >= 11 is 0.